The molecule has 0 aliphatic heterocycles. The van der Waals surface area contributed by atoms with E-state index in [2.05, 4.69) is 4.99 Å². The van der Waals surface area contributed by atoms with E-state index in [1.807, 2.05) is 0 Å². The molecule has 0 N–H and O–H groups in total. The van der Waals surface area contributed by atoms with Crippen LogP contribution in [0.3, 0.4) is 0 Å². The van der Waals surface area contributed by atoms with E-state index >= 15 is 0 Å². The molecular weight excluding hydrogens is 365 g/mol. The fraction of sp³-hybridized carbons (Fsp3) is 0.133. The van der Waals surface area contributed by atoms with Gasteiger partial charge in [0, 0.05) is 5.56 Å². The van der Waals surface area contributed by atoms with Crippen molar-refractivity contribution in [2.75, 3.05) is 14.2 Å². The number of rotatable bonds is 3. The monoisotopic (exact) mass is 373 g/mol. The molecule has 23 heavy (non-hydrogen) atoms. The van der Waals surface area contributed by atoms with Gasteiger partial charge >= 0.3 is 0 Å². The molecule has 0 radical (unpaired) electrons. The van der Waals surface area contributed by atoms with E-state index in [1.165, 1.54) is 32.4 Å². The van der Waals surface area contributed by atoms with Crippen LogP contribution in [0.15, 0.2) is 44.4 Å². The zero-order valence-corrected chi connectivity index (χ0v) is 14.3. The largest absolute Gasteiger partial charge is 0.493 e. The van der Waals surface area contributed by atoms with Crippen LogP contribution in [-0.2, 0) is 4.79 Å². The molecule has 5 nitrogen and oxygen atoms in total. The van der Waals surface area contributed by atoms with Gasteiger partial charge in [-0.1, -0.05) is 34.8 Å². The number of methoxy groups -OCH3 is 2. The molecule has 0 fully saturated rings. The van der Waals surface area contributed by atoms with Gasteiger partial charge in [0.05, 0.1) is 30.0 Å². The third kappa shape index (κ3) is 3.58. The van der Waals surface area contributed by atoms with Crippen molar-refractivity contribution in [2.24, 2.45) is 4.99 Å². The SMILES string of the molecule is COc1ccc(C(=O)N=C2C=C(Cl)C(=O)C(Cl)=C2Cl)cc1OC. The van der Waals surface area contributed by atoms with E-state index in [1.54, 1.807) is 6.07 Å². The van der Waals surface area contributed by atoms with Crippen molar-refractivity contribution < 1.29 is 19.1 Å². The van der Waals surface area contributed by atoms with E-state index < -0.39 is 11.7 Å². The highest BCUT2D eigenvalue weighted by Gasteiger charge is 2.25. The first kappa shape index (κ1) is 17.5. The van der Waals surface area contributed by atoms with Crippen LogP contribution in [0.25, 0.3) is 0 Å². The zero-order chi connectivity index (χ0) is 17.1. The van der Waals surface area contributed by atoms with Crippen LogP contribution in [0.5, 0.6) is 11.5 Å². The van der Waals surface area contributed by atoms with Gasteiger partial charge in [0.2, 0.25) is 5.78 Å². The molecule has 0 saturated heterocycles. The van der Waals surface area contributed by atoms with E-state index in [4.69, 9.17) is 44.3 Å². The van der Waals surface area contributed by atoms with Gasteiger partial charge in [-0.3, -0.25) is 9.59 Å². The molecule has 0 unspecified atom stereocenters. The second kappa shape index (κ2) is 7.17. The minimum atomic E-state index is -0.615. The molecule has 1 aromatic rings. The number of benzene rings is 1. The highest BCUT2D eigenvalue weighted by Crippen LogP contribution is 2.29. The van der Waals surface area contributed by atoms with Gasteiger partial charge in [-0.05, 0) is 24.3 Å². The normalized spacial score (nSPS) is 16.5. The summed E-state index contributed by atoms with van der Waals surface area (Å²) in [4.78, 5) is 27.6. The minimum absolute atomic E-state index is 0.0149. The van der Waals surface area contributed by atoms with Crippen LogP contribution < -0.4 is 9.47 Å². The molecule has 0 spiro atoms. The van der Waals surface area contributed by atoms with Gasteiger partial charge in [0.1, 0.15) is 5.03 Å². The van der Waals surface area contributed by atoms with E-state index in [9.17, 15) is 9.59 Å². The Morgan fingerprint density at radius 3 is 2.30 bits per heavy atom. The number of carbonyl (C=O) groups excluding carboxylic acids is 2. The highest BCUT2D eigenvalue weighted by atomic mass is 35.5. The number of carbonyl (C=O) groups is 2. The lowest BCUT2D eigenvalue weighted by Crippen LogP contribution is -2.13. The number of aliphatic imine (C=N–C) groups is 1. The lowest BCUT2D eigenvalue weighted by atomic mass is 10.1. The van der Waals surface area contributed by atoms with Crippen LogP contribution in [0.4, 0.5) is 0 Å². The van der Waals surface area contributed by atoms with Crippen molar-refractivity contribution in [3.63, 3.8) is 0 Å². The summed E-state index contributed by atoms with van der Waals surface area (Å²) in [6.07, 6.45) is 1.19. The summed E-state index contributed by atoms with van der Waals surface area (Å²) in [6, 6.07) is 4.57. The molecule has 0 saturated carbocycles. The van der Waals surface area contributed by atoms with Crippen molar-refractivity contribution >= 4 is 52.2 Å². The zero-order valence-electron chi connectivity index (χ0n) is 12.0. The predicted octanol–water partition coefficient (Wildman–Crippen LogP) is 3.68. The Bertz CT molecular complexity index is 781. The maximum absolute atomic E-state index is 12.3. The summed E-state index contributed by atoms with van der Waals surface area (Å²) in [6.45, 7) is 0. The van der Waals surface area contributed by atoms with Crippen molar-refractivity contribution in [1.29, 1.82) is 0 Å². The quantitative estimate of drug-likeness (QED) is 0.757. The molecule has 0 aromatic heterocycles. The molecule has 2 rings (SSSR count). The second-order valence-corrected chi connectivity index (χ2v) is 5.48. The van der Waals surface area contributed by atoms with Crippen molar-refractivity contribution in [1.82, 2.24) is 0 Å². The first-order valence-corrected chi connectivity index (χ1v) is 7.35. The second-order valence-electron chi connectivity index (χ2n) is 4.32. The number of ketones is 1. The summed E-state index contributed by atoms with van der Waals surface area (Å²) in [5.41, 5.74) is 0.262. The molecule has 0 bridgehead atoms. The number of hydrogen-bond acceptors (Lipinski definition) is 4. The highest BCUT2D eigenvalue weighted by molar-refractivity contribution is 6.64. The third-order valence-electron chi connectivity index (χ3n) is 2.95. The molecule has 1 aliphatic rings. The first-order valence-electron chi connectivity index (χ1n) is 6.21. The van der Waals surface area contributed by atoms with E-state index in [0.717, 1.165) is 0 Å². The number of allylic oxidation sites excluding steroid dienone is 4. The number of nitrogens with zero attached hydrogens (tertiary/aromatic N) is 1. The molecule has 8 heteroatoms. The molecule has 0 heterocycles. The molecular formula is C15H10Cl3NO4. The Morgan fingerprint density at radius 1 is 1.04 bits per heavy atom. The minimum Gasteiger partial charge on any atom is -0.493 e. The average molecular weight is 375 g/mol. The predicted molar refractivity (Wildman–Crippen MR) is 89.0 cm³/mol. The smallest absolute Gasteiger partial charge is 0.277 e. The number of halogens is 3. The van der Waals surface area contributed by atoms with Crippen molar-refractivity contribution in [3.05, 3.63) is 44.9 Å². The lowest BCUT2D eigenvalue weighted by molar-refractivity contribution is -0.111. The Kier molecular flexibility index (Phi) is 5.46. The van der Waals surface area contributed by atoms with Crippen LogP contribution in [0.1, 0.15) is 10.4 Å². The fourth-order valence-corrected chi connectivity index (χ4v) is 2.42. The summed E-state index contributed by atoms with van der Waals surface area (Å²) in [5, 5.41) is -0.578. The lowest BCUT2D eigenvalue weighted by Gasteiger charge is -2.10. The van der Waals surface area contributed by atoms with Crippen LogP contribution in [-0.4, -0.2) is 31.6 Å². The molecule has 1 aromatic carbocycles. The maximum Gasteiger partial charge on any atom is 0.277 e. The molecule has 0 atom stereocenters. The Labute approximate surface area is 147 Å². The van der Waals surface area contributed by atoms with Crippen LogP contribution in [0.2, 0.25) is 0 Å². The molecule has 120 valence electrons. The van der Waals surface area contributed by atoms with Gasteiger partial charge < -0.3 is 9.47 Å². The van der Waals surface area contributed by atoms with Crippen LogP contribution in [0, 0.1) is 0 Å². The standard InChI is InChI=1S/C15H10Cl3NO4/c1-22-10-4-3-7(5-11(10)23-2)15(21)19-9-6-8(16)14(20)13(18)12(9)17/h3-6H,1-2H3. The Morgan fingerprint density at radius 2 is 1.70 bits per heavy atom. The maximum atomic E-state index is 12.3. The molecule has 1 amide bonds. The topological polar surface area (TPSA) is 65.0 Å². The van der Waals surface area contributed by atoms with Crippen LogP contribution >= 0.6 is 34.8 Å². The van der Waals surface area contributed by atoms with Gasteiger partial charge in [0.15, 0.2) is 11.5 Å². The summed E-state index contributed by atoms with van der Waals surface area (Å²) >= 11 is 17.4. The van der Waals surface area contributed by atoms with Gasteiger partial charge in [-0.25, -0.2) is 4.99 Å². The van der Waals surface area contributed by atoms with E-state index in [0.29, 0.717) is 11.5 Å². The fourth-order valence-electron chi connectivity index (χ4n) is 1.79. The third-order valence-corrected chi connectivity index (χ3v) is 4.07. The Hall–Kier alpha value is -1.82. The van der Waals surface area contributed by atoms with E-state index in [-0.39, 0.29) is 26.4 Å². The van der Waals surface area contributed by atoms with Gasteiger partial charge in [-0.15, -0.1) is 0 Å². The average Bonchev–Trinajstić information content (AvgIpc) is 2.56. The number of ether oxygens (including phenoxy) is 2. The summed E-state index contributed by atoms with van der Waals surface area (Å²) in [7, 11) is 2.94. The number of hydrogen-bond donors (Lipinski definition) is 0. The summed E-state index contributed by atoms with van der Waals surface area (Å²) < 4.78 is 10.2. The molecule has 1 aliphatic carbocycles. The van der Waals surface area contributed by atoms with Crippen molar-refractivity contribution in [2.45, 2.75) is 0 Å². The van der Waals surface area contributed by atoms with Crippen molar-refractivity contribution in [3.8, 4) is 11.5 Å². The number of amides is 1. The Balaban J connectivity index is 2.40. The summed E-state index contributed by atoms with van der Waals surface area (Å²) in [5.74, 6) is -0.357. The number of Topliss-reactive ketones (excluding diaryl/α,β-unsaturated/α-hetero) is 1. The van der Waals surface area contributed by atoms with Gasteiger partial charge in [-0.2, -0.15) is 0 Å². The first-order chi connectivity index (χ1) is 10.9. The van der Waals surface area contributed by atoms with Gasteiger partial charge in [0.25, 0.3) is 5.91 Å².